The summed E-state index contributed by atoms with van der Waals surface area (Å²) in [6, 6.07) is 0. The largest absolute Gasteiger partial charge is 0.393 e. The summed E-state index contributed by atoms with van der Waals surface area (Å²) in [6.07, 6.45) is 12.1. The maximum atomic E-state index is 12.2. The van der Waals surface area contributed by atoms with Crippen molar-refractivity contribution in [3.05, 3.63) is 11.6 Å². The summed E-state index contributed by atoms with van der Waals surface area (Å²) >= 11 is 0. The van der Waals surface area contributed by atoms with E-state index in [0.717, 1.165) is 31.6 Å². The van der Waals surface area contributed by atoms with Crippen molar-refractivity contribution in [1.82, 2.24) is 0 Å². The second kappa shape index (κ2) is 6.46. The molecule has 5 aliphatic rings. The van der Waals surface area contributed by atoms with E-state index in [9.17, 15) is 9.90 Å². The third kappa shape index (κ3) is 2.44. The van der Waals surface area contributed by atoms with Gasteiger partial charge in [-0.15, -0.1) is 0 Å². The summed E-state index contributed by atoms with van der Waals surface area (Å²) in [4.78, 5) is 12.2. The number of aliphatic hydroxyl groups excluding tert-OH is 1. The first-order valence-corrected chi connectivity index (χ1v) is 12.9. The van der Waals surface area contributed by atoms with Gasteiger partial charge in [-0.3, -0.25) is 4.79 Å². The zero-order valence-electron chi connectivity index (χ0n) is 20.3. The molecule has 10 atom stereocenters. The highest BCUT2D eigenvalue weighted by atomic mass is 16.3. The minimum absolute atomic E-state index is 0.0405. The number of carbonyl (C=O) groups is 1. The molecule has 1 N–H and O–H groups in total. The molecular formula is C28H44O2. The van der Waals surface area contributed by atoms with E-state index in [1.54, 1.807) is 5.57 Å². The highest BCUT2D eigenvalue weighted by Crippen LogP contribution is 2.74. The molecule has 0 unspecified atom stereocenters. The fourth-order valence-corrected chi connectivity index (χ4v) is 9.82. The van der Waals surface area contributed by atoms with E-state index in [1.165, 1.54) is 32.1 Å². The average Bonchev–Trinajstić information content (AvgIpc) is 2.68. The van der Waals surface area contributed by atoms with Crippen LogP contribution in [0, 0.1) is 51.2 Å². The summed E-state index contributed by atoms with van der Waals surface area (Å²) in [5.41, 5.74) is 2.34. The molecule has 4 fully saturated rings. The number of fused-ring (bicyclic) bond motifs is 7. The molecule has 2 nitrogen and oxygen atoms in total. The number of ketones is 1. The van der Waals surface area contributed by atoms with Gasteiger partial charge in [0, 0.05) is 18.3 Å². The van der Waals surface area contributed by atoms with Gasteiger partial charge in [0.25, 0.3) is 0 Å². The van der Waals surface area contributed by atoms with Crippen LogP contribution in [0.4, 0.5) is 0 Å². The lowest BCUT2D eigenvalue weighted by Crippen LogP contribution is -2.64. The van der Waals surface area contributed by atoms with E-state index in [2.05, 4.69) is 47.6 Å². The lowest BCUT2D eigenvalue weighted by Gasteiger charge is -2.70. The Morgan fingerprint density at radius 2 is 1.73 bits per heavy atom. The van der Waals surface area contributed by atoms with Crippen LogP contribution in [0.2, 0.25) is 0 Å². The van der Waals surface area contributed by atoms with E-state index in [-0.39, 0.29) is 27.8 Å². The van der Waals surface area contributed by atoms with Crippen LogP contribution in [0.3, 0.4) is 0 Å². The molecule has 0 aliphatic heterocycles. The van der Waals surface area contributed by atoms with Crippen molar-refractivity contribution >= 4 is 5.78 Å². The van der Waals surface area contributed by atoms with Crippen LogP contribution in [-0.4, -0.2) is 17.0 Å². The lowest BCUT2D eigenvalue weighted by atomic mass is 9.34. The summed E-state index contributed by atoms with van der Waals surface area (Å²) in [7, 11) is 0. The molecule has 5 rings (SSSR count). The van der Waals surface area contributed by atoms with Crippen LogP contribution >= 0.6 is 0 Å². The van der Waals surface area contributed by atoms with Gasteiger partial charge in [-0.1, -0.05) is 53.2 Å². The van der Waals surface area contributed by atoms with Crippen molar-refractivity contribution in [3.8, 4) is 0 Å². The van der Waals surface area contributed by atoms with E-state index in [0.29, 0.717) is 29.5 Å². The molecule has 4 saturated carbocycles. The normalized spacial score (nSPS) is 58.1. The highest BCUT2D eigenvalue weighted by Gasteiger charge is 2.67. The van der Waals surface area contributed by atoms with Crippen molar-refractivity contribution in [3.63, 3.8) is 0 Å². The fourth-order valence-electron chi connectivity index (χ4n) is 9.82. The van der Waals surface area contributed by atoms with Gasteiger partial charge >= 0.3 is 0 Å². The van der Waals surface area contributed by atoms with E-state index in [4.69, 9.17) is 0 Å². The molecule has 0 amide bonds. The Balaban J connectivity index is 1.61. The van der Waals surface area contributed by atoms with Crippen LogP contribution < -0.4 is 0 Å². The van der Waals surface area contributed by atoms with Gasteiger partial charge < -0.3 is 5.11 Å². The third-order valence-corrected chi connectivity index (χ3v) is 12.4. The summed E-state index contributed by atoms with van der Waals surface area (Å²) < 4.78 is 0. The van der Waals surface area contributed by atoms with Crippen LogP contribution in [0.1, 0.15) is 99.3 Å². The standard InChI is InChI=1S/C28H44O2/c1-17-9-12-26(4)23(30)16-28(6)21(24(26)18(17)2)7-8-22-25(3)13-11-20(29)15-19(25)10-14-27(22,28)5/h7,17-19,22-24,30H,8-16H2,1-6H3/t17-,18+,19+,22-,23+,24+,25+,26-,27-,28-/m1/s1. The van der Waals surface area contributed by atoms with Crippen molar-refractivity contribution in [2.75, 3.05) is 0 Å². The smallest absolute Gasteiger partial charge is 0.133 e. The number of allylic oxidation sites excluding steroid dienone is 2. The molecule has 5 aliphatic carbocycles. The first kappa shape index (κ1) is 21.2. The summed E-state index contributed by atoms with van der Waals surface area (Å²) in [5.74, 6) is 3.60. The topological polar surface area (TPSA) is 37.3 Å². The average molecular weight is 413 g/mol. The Labute approximate surface area is 184 Å². The van der Waals surface area contributed by atoms with Crippen LogP contribution in [0.25, 0.3) is 0 Å². The van der Waals surface area contributed by atoms with Crippen molar-refractivity contribution in [2.24, 2.45) is 51.2 Å². The number of Topliss-reactive ketones (excluding diaryl/α,β-unsaturated/α-hetero) is 1. The zero-order valence-corrected chi connectivity index (χ0v) is 20.3. The molecule has 30 heavy (non-hydrogen) atoms. The number of carbonyl (C=O) groups excluding carboxylic acids is 1. The van der Waals surface area contributed by atoms with Gasteiger partial charge in [-0.25, -0.2) is 0 Å². The number of hydrogen-bond acceptors (Lipinski definition) is 2. The van der Waals surface area contributed by atoms with Gasteiger partial charge in [0.15, 0.2) is 0 Å². The minimum Gasteiger partial charge on any atom is -0.393 e. The molecule has 0 aromatic carbocycles. The predicted molar refractivity (Wildman–Crippen MR) is 122 cm³/mol. The highest BCUT2D eigenvalue weighted by molar-refractivity contribution is 5.79. The Morgan fingerprint density at radius 1 is 1.00 bits per heavy atom. The Bertz CT molecular complexity index is 784. The molecule has 0 heterocycles. The third-order valence-electron chi connectivity index (χ3n) is 12.4. The minimum atomic E-state index is -0.200. The molecule has 0 saturated heterocycles. The van der Waals surface area contributed by atoms with E-state index < -0.39 is 0 Å². The van der Waals surface area contributed by atoms with E-state index >= 15 is 0 Å². The molecule has 168 valence electrons. The summed E-state index contributed by atoms with van der Waals surface area (Å²) in [5, 5.41) is 11.6. The van der Waals surface area contributed by atoms with Gasteiger partial charge in [0.1, 0.15) is 5.78 Å². The first-order valence-electron chi connectivity index (χ1n) is 12.9. The van der Waals surface area contributed by atoms with Gasteiger partial charge in [-0.05, 0) is 90.8 Å². The monoisotopic (exact) mass is 412 g/mol. The maximum absolute atomic E-state index is 12.2. The maximum Gasteiger partial charge on any atom is 0.133 e. The second-order valence-corrected chi connectivity index (χ2v) is 13.3. The molecule has 0 radical (unpaired) electrons. The van der Waals surface area contributed by atoms with Gasteiger partial charge in [-0.2, -0.15) is 0 Å². The van der Waals surface area contributed by atoms with Crippen LogP contribution in [0.5, 0.6) is 0 Å². The molecule has 0 aromatic heterocycles. The van der Waals surface area contributed by atoms with Gasteiger partial charge in [0.05, 0.1) is 6.10 Å². The number of aliphatic hydroxyl groups is 1. The Hall–Kier alpha value is -0.630. The molecule has 0 bridgehead atoms. The Kier molecular flexibility index (Phi) is 4.57. The first-order chi connectivity index (χ1) is 14.0. The zero-order chi connectivity index (χ0) is 21.7. The van der Waals surface area contributed by atoms with Crippen molar-refractivity contribution in [1.29, 1.82) is 0 Å². The summed E-state index contributed by atoms with van der Waals surface area (Å²) in [6.45, 7) is 14.9. The SMILES string of the molecule is C[C@H]1[C@H](C)CC[C@@]2(C)[C@@H]1C1=CC[C@@H]3[C@@]4(C)CCC(=O)C[C@@H]4CC[C@@]3(C)[C@]1(C)C[C@@H]2O. The number of rotatable bonds is 0. The Morgan fingerprint density at radius 3 is 2.47 bits per heavy atom. The molecule has 0 spiro atoms. The quantitative estimate of drug-likeness (QED) is 0.457. The molecule has 2 heteroatoms. The van der Waals surface area contributed by atoms with Gasteiger partial charge in [0.2, 0.25) is 0 Å². The van der Waals surface area contributed by atoms with E-state index in [1.807, 2.05) is 0 Å². The molecular weight excluding hydrogens is 368 g/mol. The molecule has 0 aromatic rings. The second-order valence-electron chi connectivity index (χ2n) is 13.3. The lowest BCUT2D eigenvalue weighted by molar-refractivity contribution is -0.184. The van der Waals surface area contributed by atoms with Crippen LogP contribution in [-0.2, 0) is 4.79 Å². The van der Waals surface area contributed by atoms with Crippen molar-refractivity contribution < 1.29 is 9.90 Å². The fraction of sp³-hybridized carbons (Fsp3) is 0.893. The van der Waals surface area contributed by atoms with Crippen LogP contribution in [0.15, 0.2) is 11.6 Å². The number of hydrogen-bond donors (Lipinski definition) is 1. The predicted octanol–water partition coefficient (Wildman–Crippen LogP) is 6.57. The van der Waals surface area contributed by atoms with Crippen molar-refractivity contribution in [2.45, 2.75) is 105 Å².